The largest absolute Gasteiger partial charge is 0.496 e. The zero-order valence-electron chi connectivity index (χ0n) is 11.5. The lowest BCUT2D eigenvalue weighted by molar-refractivity contribution is 0.409. The molecule has 0 fully saturated rings. The van der Waals surface area contributed by atoms with Gasteiger partial charge in [-0.05, 0) is 47.1 Å². The van der Waals surface area contributed by atoms with Gasteiger partial charge in [-0.2, -0.15) is 0 Å². The maximum Gasteiger partial charge on any atom is 0.242 e. The molecule has 0 radical (unpaired) electrons. The first kappa shape index (κ1) is 16.3. The lowest BCUT2D eigenvalue weighted by Crippen LogP contribution is -2.23. The third-order valence-corrected chi connectivity index (χ3v) is 6.10. The Morgan fingerprint density at radius 2 is 2.10 bits per heavy atom. The minimum Gasteiger partial charge on any atom is -0.496 e. The van der Waals surface area contributed by atoms with Crippen LogP contribution in [-0.2, 0) is 16.6 Å². The number of thiophene rings is 1. The first-order valence-electron chi connectivity index (χ1n) is 6.01. The summed E-state index contributed by atoms with van der Waals surface area (Å²) >= 11 is 4.67. The summed E-state index contributed by atoms with van der Waals surface area (Å²) in [6.07, 6.45) is 0. The van der Waals surface area contributed by atoms with Crippen molar-refractivity contribution < 1.29 is 13.2 Å². The molecule has 1 aromatic carbocycles. The van der Waals surface area contributed by atoms with E-state index in [-0.39, 0.29) is 11.4 Å². The fraction of sp³-hybridized carbons (Fsp3) is 0.231. The van der Waals surface area contributed by atoms with E-state index in [1.165, 1.54) is 18.4 Å². The molecule has 0 aliphatic heterocycles. The van der Waals surface area contributed by atoms with Crippen molar-refractivity contribution in [2.24, 2.45) is 0 Å². The van der Waals surface area contributed by atoms with Crippen LogP contribution in [0.2, 0.25) is 0 Å². The van der Waals surface area contributed by atoms with Crippen molar-refractivity contribution >= 4 is 43.0 Å². The summed E-state index contributed by atoms with van der Waals surface area (Å²) in [7, 11) is -2.04. The van der Waals surface area contributed by atoms with Gasteiger partial charge in [-0.15, -0.1) is 11.3 Å². The van der Waals surface area contributed by atoms with E-state index < -0.39 is 10.0 Å². The van der Waals surface area contributed by atoms with Crippen LogP contribution in [0, 0.1) is 6.92 Å². The van der Waals surface area contributed by atoms with Crippen molar-refractivity contribution in [2.75, 3.05) is 12.8 Å². The van der Waals surface area contributed by atoms with Crippen molar-refractivity contribution in [1.29, 1.82) is 0 Å². The van der Waals surface area contributed by atoms with Gasteiger partial charge in [0, 0.05) is 22.7 Å². The fourth-order valence-electron chi connectivity index (χ4n) is 1.88. The molecule has 114 valence electrons. The molecule has 0 aliphatic rings. The van der Waals surface area contributed by atoms with Crippen molar-refractivity contribution in [2.45, 2.75) is 18.4 Å². The minimum atomic E-state index is -3.57. The molecular formula is C13H15BrN2O3S2. The highest BCUT2D eigenvalue weighted by molar-refractivity contribution is 9.11. The zero-order valence-corrected chi connectivity index (χ0v) is 14.7. The number of hydrogen-bond acceptors (Lipinski definition) is 5. The predicted octanol–water partition coefficient (Wildman–Crippen LogP) is 2.89. The molecule has 0 spiro atoms. The third-order valence-electron chi connectivity index (χ3n) is 2.89. The molecule has 0 amide bonds. The van der Waals surface area contributed by atoms with Crippen molar-refractivity contribution in [3.8, 4) is 5.75 Å². The molecule has 21 heavy (non-hydrogen) atoms. The molecule has 1 heterocycles. The molecule has 2 rings (SSSR count). The molecule has 0 bridgehead atoms. The molecule has 0 unspecified atom stereocenters. The van der Waals surface area contributed by atoms with Gasteiger partial charge in [0.15, 0.2) is 0 Å². The summed E-state index contributed by atoms with van der Waals surface area (Å²) in [5.74, 6) is 0.593. The predicted molar refractivity (Wildman–Crippen MR) is 88.2 cm³/mol. The van der Waals surface area contributed by atoms with Gasteiger partial charge in [0.2, 0.25) is 10.0 Å². The van der Waals surface area contributed by atoms with Crippen LogP contribution < -0.4 is 15.2 Å². The van der Waals surface area contributed by atoms with Crippen LogP contribution in [0.1, 0.15) is 10.4 Å². The van der Waals surface area contributed by atoms with Crippen LogP contribution in [0.3, 0.4) is 0 Å². The number of nitrogens with two attached hydrogens (primary N) is 1. The molecular weight excluding hydrogens is 376 g/mol. The number of rotatable bonds is 5. The van der Waals surface area contributed by atoms with Gasteiger partial charge < -0.3 is 10.5 Å². The normalized spacial score (nSPS) is 11.6. The maximum absolute atomic E-state index is 12.3. The number of ether oxygens (including phenoxy) is 1. The van der Waals surface area contributed by atoms with E-state index in [0.29, 0.717) is 17.0 Å². The molecule has 2 aromatic rings. The Hall–Kier alpha value is -1.09. The van der Waals surface area contributed by atoms with Gasteiger partial charge in [-0.1, -0.05) is 0 Å². The van der Waals surface area contributed by atoms with Crippen molar-refractivity contribution in [3.05, 3.63) is 38.5 Å². The number of hydrogen-bond donors (Lipinski definition) is 2. The lowest BCUT2D eigenvalue weighted by Gasteiger charge is -2.11. The van der Waals surface area contributed by atoms with Crippen LogP contribution in [-0.4, -0.2) is 15.5 Å². The number of nitrogen functional groups attached to an aromatic ring is 1. The summed E-state index contributed by atoms with van der Waals surface area (Å²) < 4.78 is 33.2. The standard InChI is InChI=1S/C13H15BrN2O3S2/c1-8-12(6-13(14)20-8)21(17,18)16-7-9-5-10(15)3-4-11(9)19-2/h3-6,16H,7,15H2,1-2H3. The quantitative estimate of drug-likeness (QED) is 0.768. The van der Waals surface area contributed by atoms with Crippen LogP contribution in [0.15, 0.2) is 32.9 Å². The summed E-state index contributed by atoms with van der Waals surface area (Å²) in [6.45, 7) is 1.88. The van der Waals surface area contributed by atoms with Gasteiger partial charge in [-0.25, -0.2) is 13.1 Å². The Morgan fingerprint density at radius 3 is 2.67 bits per heavy atom. The van der Waals surface area contributed by atoms with E-state index in [1.807, 2.05) is 0 Å². The highest BCUT2D eigenvalue weighted by atomic mass is 79.9. The van der Waals surface area contributed by atoms with Crippen LogP contribution >= 0.6 is 27.3 Å². The summed E-state index contributed by atoms with van der Waals surface area (Å²) in [5, 5.41) is 0. The molecule has 1 aromatic heterocycles. The van der Waals surface area contributed by atoms with E-state index >= 15 is 0 Å². The smallest absolute Gasteiger partial charge is 0.242 e. The van der Waals surface area contributed by atoms with Gasteiger partial charge >= 0.3 is 0 Å². The lowest BCUT2D eigenvalue weighted by atomic mass is 10.2. The average molecular weight is 391 g/mol. The van der Waals surface area contributed by atoms with E-state index in [2.05, 4.69) is 20.7 Å². The fourth-order valence-corrected chi connectivity index (χ4v) is 5.30. The average Bonchev–Trinajstić information content (AvgIpc) is 2.76. The monoisotopic (exact) mass is 390 g/mol. The number of benzene rings is 1. The highest BCUT2D eigenvalue weighted by Crippen LogP contribution is 2.30. The first-order chi connectivity index (χ1) is 9.83. The van der Waals surface area contributed by atoms with Gasteiger partial charge in [-0.3, -0.25) is 0 Å². The number of halogens is 1. The maximum atomic E-state index is 12.3. The summed E-state index contributed by atoms with van der Waals surface area (Å²) in [5.41, 5.74) is 6.97. The number of nitrogens with one attached hydrogen (secondary N) is 1. The molecule has 0 atom stereocenters. The van der Waals surface area contributed by atoms with Gasteiger partial charge in [0.1, 0.15) is 5.75 Å². The Morgan fingerprint density at radius 1 is 1.38 bits per heavy atom. The summed E-state index contributed by atoms with van der Waals surface area (Å²) in [4.78, 5) is 1.01. The first-order valence-corrected chi connectivity index (χ1v) is 9.11. The van der Waals surface area contributed by atoms with Crippen LogP contribution in [0.5, 0.6) is 5.75 Å². The van der Waals surface area contributed by atoms with E-state index in [0.717, 1.165) is 8.66 Å². The van der Waals surface area contributed by atoms with E-state index in [9.17, 15) is 8.42 Å². The molecule has 5 nitrogen and oxygen atoms in total. The van der Waals surface area contributed by atoms with E-state index in [1.54, 1.807) is 31.2 Å². The second kappa shape index (κ2) is 6.35. The second-order valence-electron chi connectivity index (χ2n) is 4.37. The van der Waals surface area contributed by atoms with Crippen LogP contribution in [0.25, 0.3) is 0 Å². The number of aryl methyl sites for hydroxylation is 1. The molecule has 3 N–H and O–H groups in total. The van der Waals surface area contributed by atoms with Crippen LogP contribution in [0.4, 0.5) is 5.69 Å². The number of anilines is 1. The number of methoxy groups -OCH3 is 1. The zero-order chi connectivity index (χ0) is 15.6. The third kappa shape index (κ3) is 3.76. The Bertz CT molecular complexity index is 757. The number of sulfonamides is 1. The molecule has 8 heteroatoms. The highest BCUT2D eigenvalue weighted by Gasteiger charge is 2.19. The molecule has 0 saturated heterocycles. The Balaban J connectivity index is 2.23. The van der Waals surface area contributed by atoms with Gasteiger partial charge in [0.05, 0.1) is 15.8 Å². The Labute approximate surface area is 136 Å². The topological polar surface area (TPSA) is 81.4 Å². The molecule has 0 saturated carbocycles. The van der Waals surface area contributed by atoms with Gasteiger partial charge in [0.25, 0.3) is 0 Å². The van der Waals surface area contributed by atoms with Crippen molar-refractivity contribution in [3.63, 3.8) is 0 Å². The summed E-state index contributed by atoms with van der Waals surface area (Å²) in [6, 6.07) is 6.71. The molecule has 0 aliphatic carbocycles. The van der Waals surface area contributed by atoms with E-state index in [4.69, 9.17) is 10.5 Å². The Kier molecular flexibility index (Phi) is 4.92. The van der Waals surface area contributed by atoms with Crippen molar-refractivity contribution in [1.82, 2.24) is 4.72 Å². The minimum absolute atomic E-state index is 0.115. The second-order valence-corrected chi connectivity index (χ2v) is 8.74. The SMILES string of the molecule is COc1ccc(N)cc1CNS(=O)(=O)c1cc(Br)sc1C.